The molecule has 3 rings (SSSR count). The Morgan fingerprint density at radius 2 is 1.69 bits per heavy atom. The van der Waals surface area contributed by atoms with Gasteiger partial charge in [0.25, 0.3) is 15.7 Å². The largest absolute Gasteiger partial charge is 0.324 e. The lowest BCUT2D eigenvalue weighted by molar-refractivity contribution is -0.385. The Balaban J connectivity index is 1.96. The number of nitrogens with one attached hydrogen (secondary N) is 1. The van der Waals surface area contributed by atoms with E-state index in [4.69, 9.17) is 23.2 Å². The Morgan fingerprint density at radius 1 is 1.03 bits per heavy atom. The fourth-order valence-corrected chi connectivity index (χ4v) is 4.68. The number of nitrogens with zero attached hydrogens (tertiary/aromatic N) is 2. The van der Waals surface area contributed by atoms with Crippen LogP contribution in [0.4, 0.5) is 17.1 Å². The van der Waals surface area contributed by atoms with Crippen molar-refractivity contribution in [3.63, 3.8) is 0 Å². The van der Waals surface area contributed by atoms with E-state index in [-0.39, 0.29) is 32.5 Å². The van der Waals surface area contributed by atoms with Crippen LogP contribution in [0.25, 0.3) is 0 Å². The molecular formula is C21H17Cl2N3O5S. The molecule has 3 aromatic carbocycles. The highest BCUT2D eigenvalue weighted by atomic mass is 35.5. The van der Waals surface area contributed by atoms with Gasteiger partial charge in [-0.25, -0.2) is 8.42 Å². The maximum absolute atomic E-state index is 13.3. The molecule has 0 unspecified atom stereocenters. The zero-order chi connectivity index (χ0) is 23.5. The Kier molecular flexibility index (Phi) is 7.02. The minimum atomic E-state index is -4.16. The fourth-order valence-electron chi connectivity index (χ4n) is 2.96. The quantitative estimate of drug-likeness (QED) is 0.366. The monoisotopic (exact) mass is 493 g/mol. The van der Waals surface area contributed by atoms with Crippen LogP contribution in [0.5, 0.6) is 0 Å². The summed E-state index contributed by atoms with van der Waals surface area (Å²) in [6, 6.07) is 15.8. The maximum atomic E-state index is 13.3. The first-order valence-electron chi connectivity index (χ1n) is 9.17. The Hall–Kier alpha value is -3.14. The number of carbonyl (C=O) groups excluding carboxylic acids is 1. The highest BCUT2D eigenvalue weighted by Gasteiger charge is 2.28. The van der Waals surface area contributed by atoms with Gasteiger partial charge in [0.2, 0.25) is 5.91 Å². The molecular weight excluding hydrogens is 477 g/mol. The minimum Gasteiger partial charge on any atom is -0.324 e. The number of carbonyl (C=O) groups is 1. The lowest BCUT2D eigenvalue weighted by Crippen LogP contribution is -2.38. The summed E-state index contributed by atoms with van der Waals surface area (Å²) in [6.45, 7) is 0.903. The Morgan fingerprint density at radius 3 is 2.31 bits per heavy atom. The summed E-state index contributed by atoms with van der Waals surface area (Å²) >= 11 is 11.9. The number of anilines is 2. The zero-order valence-electron chi connectivity index (χ0n) is 16.7. The van der Waals surface area contributed by atoms with E-state index in [1.54, 1.807) is 12.1 Å². The predicted octanol–water partition coefficient (Wildman–Crippen LogP) is 5.04. The summed E-state index contributed by atoms with van der Waals surface area (Å²) in [5.41, 5.74) is 0.474. The zero-order valence-corrected chi connectivity index (χ0v) is 19.0. The maximum Gasteiger partial charge on any atom is 0.274 e. The van der Waals surface area contributed by atoms with Gasteiger partial charge >= 0.3 is 0 Å². The van der Waals surface area contributed by atoms with E-state index < -0.39 is 27.4 Å². The van der Waals surface area contributed by atoms with Gasteiger partial charge < -0.3 is 5.32 Å². The van der Waals surface area contributed by atoms with Gasteiger partial charge in [-0.15, -0.1) is 0 Å². The highest BCUT2D eigenvalue weighted by molar-refractivity contribution is 7.92. The molecule has 0 fully saturated rings. The second kappa shape index (κ2) is 9.56. The summed E-state index contributed by atoms with van der Waals surface area (Å²) in [4.78, 5) is 23.3. The number of amides is 1. The van der Waals surface area contributed by atoms with Crippen molar-refractivity contribution in [2.45, 2.75) is 11.8 Å². The number of hydrogen-bond acceptors (Lipinski definition) is 5. The lowest BCUT2D eigenvalue weighted by Gasteiger charge is -2.24. The second-order valence-electron chi connectivity index (χ2n) is 6.70. The summed E-state index contributed by atoms with van der Waals surface area (Å²) in [5.74, 6) is -0.689. The topological polar surface area (TPSA) is 110 Å². The summed E-state index contributed by atoms with van der Waals surface area (Å²) in [7, 11) is -4.16. The number of halogens is 2. The van der Waals surface area contributed by atoms with Gasteiger partial charge in [-0.1, -0.05) is 35.3 Å². The van der Waals surface area contributed by atoms with Crippen LogP contribution in [0.2, 0.25) is 10.0 Å². The van der Waals surface area contributed by atoms with E-state index in [2.05, 4.69) is 5.32 Å². The van der Waals surface area contributed by atoms with Gasteiger partial charge in [0.05, 0.1) is 26.8 Å². The molecule has 3 aromatic rings. The number of rotatable bonds is 7. The number of hydrogen-bond donors (Lipinski definition) is 1. The first-order chi connectivity index (χ1) is 15.1. The van der Waals surface area contributed by atoms with Gasteiger partial charge in [-0.05, 0) is 55.5 Å². The Bertz CT molecular complexity index is 1280. The SMILES string of the molecule is Cc1c(NC(=O)CN(c2cccc(Cl)c2)S(=O)(=O)c2ccc(Cl)cc2)cccc1[N+](=O)[O-]. The average molecular weight is 494 g/mol. The standard InChI is InChI=1S/C21H17Cl2N3O5S/c1-14-19(6-3-7-20(14)26(28)29)24-21(27)13-25(17-5-2-4-16(23)12-17)32(30,31)18-10-8-15(22)9-11-18/h2-12H,13H2,1H3,(H,24,27). The molecule has 1 N–H and O–H groups in total. The van der Waals surface area contributed by atoms with Gasteiger partial charge in [0.15, 0.2) is 0 Å². The number of nitro benzene ring substituents is 1. The van der Waals surface area contributed by atoms with E-state index in [9.17, 15) is 23.3 Å². The van der Waals surface area contributed by atoms with Crippen LogP contribution in [-0.4, -0.2) is 25.8 Å². The van der Waals surface area contributed by atoms with Gasteiger partial charge in [0.1, 0.15) is 6.54 Å². The average Bonchev–Trinajstić information content (AvgIpc) is 2.73. The summed E-state index contributed by atoms with van der Waals surface area (Å²) < 4.78 is 27.6. The molecule has 11 heteroatoms. The van der Waals surface area contributed by atoms with Crippen LogP contribution < -0.4 is 9.62 Å². The highest BCUT2D eigenvalue weighted by Crippen LogP contribution is 2.28. The third kappa shape index (κ3) is 5.18. The molecule has 1 amide bonds. The van der Waals surface area contributed by atoms with Crippen LogP contribution in [0.15, 0.2) is 71.6 Å². The van der Waals surface area contributed by atoms with Crippen LogP contribution in [0.1, 0.15) is 5.56 Å². The van der Waals surface area contributed by atoms with Crippen molar-refractivity contribution in [3.8, 4) is 0 Å². The smallest absolute Gasteiger partial charge is 0.274 e. The molecule has 0 aromatic heterocycles. The number of benzene rings is 3. The molecule has 0 spiro atoms. The normalized spacial score (nSPS) is 11.1. The van der Waals surface area contributed by atoms with E-state index in [0.29, 0.717) is 5.02 Å². The van der Waals surface area contributed by atoms with Gasteiger partial charge in [0, 0.05) is 16.1 Å². The molecule has 0 heterocycles. The molecule has 0 aliphatic rings. The summed E-state index contributed by atoms with van der Waals surface area (Å²) in [5, 5.41) is 14.3. The molecule has 0 radical (unpaired) electrons. The molecule has 8 nitrogen and oxygen atoms in total. The van der Waals surface area contributed by atoms with Crippen molar-refractivity contribution in [1.29, 1.82) is 0 Å². The van der Waals surface area contributed by atoms with Crippen LogP contribution in [0.3, 0.4) is 0 Å². The van der Waals surface area contributed by atoms with Crippen molar-refractivity contribution in [2.75, 3.05) is 16.2 Å². The van der Waals surface area contributed by atoms with Crippen molar-refractivity contribution >= 4 is 56.2 Å². The van der Waals surface area contributed by atoms with E-state index in [0.717, 1.165) is 4.31 Å². The minimum absolute atomic E-state index is 0.0683. The predicted molar refractivity (Wildman–Crippen MR) is 124 cm³/mol. The number of sulfonamides is 1. The fraction of sp³-hybridized carbons (Fsp3) is 0.0952. The van der Waals surface area contributed by atoms with Gasteiger partial charge in [-0.3, -0.25) is 19.2 Å². The third-order valence-corrected chi connectivity index (χ3v) is 6.84. The first kappa shape index (κ1) is 23.5. The second-order valence-corrected chi connectivity index (χ2v) is 9.44. The molecule has 0 aliphatic heterocycles. The Labute approximate surface area is 194 Å². The lowest BCUT2D eigenvalue weighted by atomic mass is 10.1. The third-order valence-electron chi connectivity index (χ3n) is 4.56. The van der Waals surface area contributed by atoms with Crippen LogP contribution in [-0.2, 0) is 14.8 Å². The molecule has 0 atom stereocenters. The molecule has 166 valence electrons. The molecule has 0 saturated carbocycles. The van der Waals surface area contributed by atoms with Crippen molar-refractivity contribution < 1.29 is 18.1 Å². The van der Waals surface area contributed by atoms with Crippen molar-refractivity contribution in [1.82, 2.24) is 0 Å². The molecule has 0 bridgehead atoms. The van der Waals surface area contributed by atoms with Gasteiger partial charge in [-0.2, -0.15) is 0 Å². The van der Waals surface area contributed by atoms with E-state index in [1.807, 2.05) is 0 Å². The molecule has 32 heavy (non-hydrogen) atoms. The number of nitro groups is 1. The summed E-state index contributed by atoms with van der Waals surface area (Å²) in [6.07, 6.45) is 0. The van der Waals surface area contributed by atoms with Crippen molar-refractivity contribution in [2.24, 2.45) is 0 Å². The van der Waals surface area contributed by atoms with Crippen LogP contribution in [0, 0.1) is 17.0 Å². The van der Waals surface area contributed by atoms with E-state index >= 15 is 0 Å². The first-order valence-corrected chi connectivity index (χ1v) is 11.4. The molecule has 0 saturated heterocycles. The van der Waals surface area contributed by atoms with Crippen LogP contribution >= 0.6 is 23.2 Å². The van der Waals surface area contributed by atoms with Crippen molar-refractivity contribution in [3.05, 3.63) is 92.5 Å². The molecule has 0 aliphatic carbocycles. The van der Waals surface area contributed by atoms with E-state index in [1.165, 1.54) is 61.5 Å².